The van der Waals surface area contributed by atoms with Crippen molar-refractivity contribution in [3.63, 3.8) is 0 Å². The molecule has 1 unspecified atom stereocenters. The number of hydrogen-bond donors (Lipinski definition) is 0. The molecule has 4 heteroatoms. The lowest BCUT2D eigenvalue weighted by Crippen LogP contribution is -2.49. The van der Waals surface area contributed by atoms with Crippen LogP contribution < -0.4 is 0 Å². The molecule has 0 saturated carbocycles. The van der Waals surface area contributed by atoms with Gasteiger partial charge in [-0.15, -0.1) is 0 Å². The second-order valence-corrected chi connectivity index (χ2v) is 10.3. The van der Waals surface area contributed by atoms with Crippen LogP contribution in [0.3, 0.4) is 0 Å². The van der Waals surface area contributed by atoms with Gasteiger partial charge in [0.1, 0.15) is 0 Å². The Hall–Kier alpha value is -2.53. The summed E-state index contributed by atoms with van der Waals surface area (Å²) in [5.74, 6) is 0.684. The molecule has 1 saturated heterocycles. The Balaban J connectivity index is 1.30. The molecule has 1 atom stereocenters. The normalized spacial score (nSPS) is 18.1. The van der Waals surface area contributed by atoms with Crippen LogP contribution in [0.5, 0.6) is 0 Å². The highest BCUT2D eigenvalue weighted by Crippen LogP contribution is 2.32. The first-order valence-corrected chi connectivity index (χ1v) is 13.3. The highest BCUT2D eigenvalue weighted by molar-refractivity contribution is 5.33. The average Bonchev–Trinajstić information content (AvgIpc) is 3.36. The van der Waals surface area contributed by atoms with Crippen LogP contribution in [0.15, 0.2) is 79.1 Å². The largest absolute Gasteiger partial charge is 0.383 e. The fourth-order valence-corrected chi connectivity index (χ4v) is 6.21. The molecule has 0 bridgehead atoms. The van der Waals surface area contributed by atoms with Crippen LogP contribution >= 0.6 is 0 Å². The Morgan fingerprint density at radius 1 is 0.914 bits per heavy atom. The van der Waals surface area contributed by atoms with Crippen LogP contribution in [-0.2, 0) is 30.5 Å². The minimum absolute atomic E-state index is 0.496. The van der Waals surface area contributed by atoms with Crippen molar-refractivity contribution in [2.75, 3.05) is 33.4 Å². The van der Waals surface area contributed by atoms with Gasteiger partial charge in [-0.1, -0.05) is 60.7 Å². The molecule has 5 rings (SSSR count). The zero-order chi connectivity index (χ0) is 23.9. The van der Waals surface area contributed by atoms with Gasteiger partial charge in [0, 0.05) is 44.7 Å². The molecule has 4 nitrogen and oxygen atoms in total. The van der Waals surface area contributed by atoms with E-state index in [1.807, 2.05) is 25.6 Å². The molecule has 0 spiro atoms. The fraction of sp³-hybridized carbons (Fsp3) is 0.452. The van der Waals surface area contributed by atoms with Crippen LogP contribution in [0, 0.1) is 5.92 Å². The standard InChI is InChI=1S/C31H39N3O/c1-35-19-18-34(24-26-10-7-15-32-23-26)31(20-25-8-3-2-4-9-25)27-13-16-33(17-14-27)30-21-28-11-5-6-12-29(28)22-30/h2-12,15,23,27,30-31H,13-14,16-22,24H2,1H3. The van der Waals surface area contributed by atoms with Crippen molar-refractivity contribution in [1.29, 1.82) is 0 Å². The zero-order valence-corrected chi connectivity index (χ0v) is 21.1. The van der Waals surface area contributed by atoms with Gasteiger partial charge < -0.3 is 4.74 Å². The monoisotopic (exact) mass is 469 g/mol. The summed E-state index contributed by atoms with van der Waals surface area (Å²) in [6.45, 7) is 5.04. The van der Waals surface area contributed by atoms with E-state index >= 15 is 0 Å². The molecule has 0 radical (unpaired) electrons. The van der Waals surface area contributed by atoms with Crippen molar-refractivity contribution in [3.8, 4) is 0 Å². The number of aromatic nitrogens is 1. The number of likely N-dealkylation sites (tertiary alicyclic amines) is 1. The third-order valence-electron chi connectivity index (χ3n) is 8.11. The van der Waals surface area contributed by atoms with E-state index in [1.165, 1.54) is 49.9 Å². The van der Waals surface area contributed by atoms with Crippen LogP contribution in [-0.4, -0.2) is 60.2 Å². The molecule has 1 aliphatic carbocycles. The summed E-state index contributed by atoms with van der Waals surface area (Å²) in [5.41, 5.74) is 5.83. The quantitative estimate of drug-likeness (QED) is 0.417. The topological polar surface area (TPSA) is 28.6 Å². The van der Waals surface area contributed by atoms with Gasteiger partial charge in [-0.05, 0) is 79.4 Å². The molecular weight excluding hydrogens is 430 g/mol. The Kier molecular flexibility index (Phi) is 8.25. The number of rotatable bonds is 10. The number of methoxy groups -OCH3 is 1. The summed E-state index contributed by atoms with van der Waals surface area (Å²) in [5, 5.41) is 0. The molecular formula is C31H39N3O. The minimum Gasteiger partial charge on any atom is -0.383 e. The van der Waals surface area contributed by atoms with Crippen LogP contribution in [0.1, 0.15) is 35.1 Å². The van der Waals surface area contributed by atoms with Gasteiger partial charge in [-0.3, -0.25) is 14.8 Å². The third kappa shape index (κ3) is 6.19. The van der Waals surface area contributed by atoms with Crippen LogP contribution in [0.2, 0.25) is 0 Å². The Morgan fingerprint density at radius 2 is 1.60 bits per heavy atom. The average molecular weight is 470 g/mol. The second kappa shape index (κ2) is 11.9. The van der Waals surface area contributed by atoms with E-state index in [4.69, 9.17) is 4.74 Å². The second-order valence-electron chi connectivity index (χ2n) is 10.3. The maximum Gasteiger partial charge on any atom is 0.0589 e. The number of hydrogen-bond acceptors (Lipinski definition) is 4. The van der Waals surface area contributed by atoms with Gasteiger partial charge in [0.25, 0.3) is 0 Å². The van der Waals surface area contributed by atoms with Crippen molar-refractivity contribution in [2.45, 2.75) is 50.7 Å². The predicted octanol–water partition coefficient (Wildman–Crippen LogP) is 5.02. The molecule has 35 heavy (non-hydrogen) atoms. The molecule has 1 aliphatic heterocycles. The summed E-state index contributed by atoms with van der Waals surface area (Å²) in [7, 11) is 1.81. The molecule has 1 aromatic heterocycles. The first-order valence-electron chi connectivity index (χ1n) is 13.3. The van der Waals surface area contributed by atoms with Gasteiger partial charge in [0.15, 0.2) is 0 Å². The highest BCUT2D eigenvalue weighted by Gasteiger charge is 2.34. The molecule has 1 fully saturated rings. The van der Waals surface area contributed by atoms with Gasteiger partial charge in [0.05, 0.1) is 6.61 Å². The van der Waals surface area contributed by atoms with Crippen molar-refractivity contribution in [2.24, 2.45) is 5.92 Å². The van der Waals surface area contributed by atoms with E-state index in [1.54, 1.807) is 11.1 Å². The van der Waals surface area contributed by atoms with Crippen LogP contribution in [0.25, 0.3) is 0 Å². The van der Waals surface area contributed by atoms with Crippen molar-refractivity contribution in [1.82, 2.24) is 14.8 Å². The van der Waals surface area contributed by atoms with Crippen LogP contribution in [0.4, 0.5) is 0 Å². The Bertz CT molecular complexity index is 1010. The molecule has 0 amide bonds. The number of benzene rings is 2. The van der Waals surface area contributed by atoms with Gasteiger partial charge in [-0.25, -0.2) is 0 Å². The third-order valence-corrected chi connectivity index (χ3v) is 8.11. The number of nitrogens with zero attached hydrogens (tertiary/aromatic N) is 3. The van der Waals surface area contributed by atoms with Gasteiger partial charge in [-0.2, -0.15) is 0 Å². The first kappa shape index (κ1) is 24.2. The minimum atomic E-state index is 0.496. The molecule has 2 aromatic carbocycles. The summed E-state index contributed by atoms with van der Waals surface area (Å²) in [4.78, 5) is 9.82. The van der Waals surface area contributed by atoms with E-state index in [2.05, 4.69) is 75.4 Å². The maximum absolute atomic E-state index is 5.55. The number of ether oxygens (including phenoxy) is 1. The van der Waals surface area contributed by atoms with Gasteiger partial charge in [0.2, 0.25) is 0 Å². The summed E-state index contributed by atoms with van der Waals surface area (Å²) in [6.07, 6.45) is 9.93. The van der Waals surface area contributed by atoms with E-state index in [-0.39, 0.29) is 0 Å². The van der Waals surface area contributed by atoms with Crippen molar-refractivity contribution >= 4 is 0 Å². The lowest BCUT2D eigenvalue weighted by molar-refractivity contribution is 0.0493. The van der Waals surface area contributed by atoms with E-state index in [0.717, 1.165) is 26.1 Å². The van der Waals surface area contributed by atoms with E-state index in [9.17, 15) is 0 Å². The van der Waals surface area contributed by atoms with Crippen molar-refractivity contribution < 1.29 is 4.74 Å². The SMILES string of the molecule is COCCN(Cc1cccnc1)C(Cc1ccccc1)C1CCN(C2Cc3ccccc3C2)CC1. The maximum atomic E-state index is 5.55. The summed E-state index contributed by atoms with van der Waals surface area (Å²) in [6, 6.07) is 25.5. The van der Waals surface area contributed by atoms with Gasteiger partial charge >= 0.3 is 0 Å². The molecule has 0 N–H and O–H groups in total. The van der Waals surface area contributed by atoms with Crippen molar-refractivity contribution in [3.05, 3.63) is 101 Å². The Labute approximate surface area is 210 Å². The fourth-order valence-electron chi connectivity index (χ4n) is 6.21. The lowest BCUT2D eigenvalue weighted by Gasteiger charge is -2.43. The summed E-state index contributed by atoms with van der Waals surface area (Å²) >= 11 is 0. The number of piperidine rings is 1. The van der Waals surface area contributed by atoms with E-state index in [0.29, 0.717) is 18.0 Å². The zero-order valence-electron chi connectivity index (χ0n) is 21.1. The predicted molar refractivity (Wildman–Crippen MR) is 142 cm³/mol. The summed E-state index contributed by atoms with van der Waals surface area (Å²) < 4.78 is 5.55. The molecule has 184 valence electrons. The smallest absolute Gasteiger partial charge is 0.0589 e. The Morgan fingerprint density at radius 3 is 2.26 bits per heavy atom. The molecule has 2 heterocycles. The molecule has 2 aliphatic rings. The van der Waals surface area contributed by atoms with E-state index < -0.39 is 0 Å². The first-order chi connectivity index (χ1) is 17.3. The number of pyridine rings is 1. The lowest BCUT2D eigenvalue weighted by atomic mass is 9.84. The number of fused-ring (bicyclic) bond motifs is 1. The molecule has 3 aromatic rings. The highest BCUT2D eigenvalue weighted by atomic mass is 16.5.